The molecule has 1 saturated heterocycles. The minimum atomic E-state index is -3.41. The van der Waals surface area contributed by atoms with Gasteiger partial charge in [-0.25, -0.2) is 8.42 Å². The smallest absolute Gasteiger partial charge is 0.243 e. The van der Waals surface area contributed by atoms with Crippen LogP contribution in [0.5, 0.6) is 11.5 Å². The van der Waals surface area contributed by atoms with E-state index in [2.05, 4.69) is 5.32 Å². The Bertz CT molecular complexity index is 937. The first kappa shape index (κ1) is 23.1. The molecule has 1 amide bonds. The van der Waals surface area contributed by atoms with Crippen LogP contribution in [0.1, 0.15) is 31.2 Å². The average molecular weight is 447 g/mol. The van der Waals surface area contributed by atoms with E-state index in [9.17, 15) is 13.2 Å². The molecule has 168 valence electrons. The third-order valence-corrected chi connectivity index (χ3v) is 6.97. The highest BCUT2D eigenvalue weighted by atomic mass is 32.2. The van der Waals surface area contributed by atoms with Gasteiger partial charge >= 0.3 is 0 Å². The number of hydrogen-bond acceptors (Lipinski definition) is 5. The first-order valence-electron chi connectivity index (χ1n) is 10.6. The van der Waals surface area contributed by atoms with Crippen LogP contribution < -0.4 is 14.8 Å². The molecule has 1 heterocycles. The van der Waals surface area contributed by atoms with Crippen molar-refractivity contribution in [1.29, 1.82) is 0 Å². The molecule has 2 aromatic carbocycles. The van der Waals surface area contributed by atoms with Crippen molar-refractivity contribution in [3.8, 4) is 11.5 Å². The summed E-state index contributed by atoms with van der Waals surface area (Å²) in [5.74, 6) is 1.32. The number of hydrogen-bond donors (Lipinski definition) is 1. The lowest BCUT2D eigenvalue weighted by atomic mass is 10.2. The van der Waals surface area contributed by atoms with E-state index < -0.39 is 10.0 Å². The second-order valence-corrected chi connectivity index (χ2v) is 9.48. The summed E-state index contributed by atoms with van der Waals surface area (Å²) in [6.45, 7) is 4.36. The number of ether oxygens (including phenoxy) is 2. The summed E-state index contributed by atoms with van der Waals surface area (Å²) < 4.78 is 37.7. The number of carbonyl (C=O) groups excluding carboxylic acids is 1. The highest BCUT2D eigenvalue weighted by molar-refractivity contribution is 7.89. The summed E-state index contributed by atoms with van der Waals surface area (Å²) in [6, 6.07) is 14.2. The SMILES string of the molecule is Cc1ccc(OCCCC(=O)NCCOc2ccc(S(=O)(=O)N3CCCC3)cc2)cc1. The minimum absolute atomic E-state index is 0.0526. The molecule has 7 nitrogen and oxygen atoms in total. The number of nitrogens with zero attached hydrogens (tertiary/aromatic N) is 1. The zero-order valence-corrected chi connectivity index (χ0v) is 18.7. The van der Waals surface area contributed by atoms with E-state index in [1.54, 1.807) is 24.3 Å². The zero-order chi connectivity index (χ0) is 22.1. The van der Waals surface area contributed by atoms with E-state index in [1.807, 2.05) is 31.2 Å². The molecule has 0 unspecified atom stereocenters. The fourth-order valence-corrected chi connectivity index (χ4v) is 4.81. The molecule has 0 spiro atoms. The number of sulfonamides is 1. The van der Waals surface area contributed by atoms with Crippen LogP contribution in [0.25, 0.3) is 0 Å². The van der Waals surface area contributed by atoms with Crippen molar-refractivity contribution in [2.75, 3.05) is 32.8 Å². The van der Waals surface area contributed by atoms with Gasteiger partial charge in [-0.1, -0.05) is 17.7 Å². The van der Waals surface area contributed by atoms with Crippen LogP contribution in [0.3, 0.4) is 0 Å². The molecule has 2 aromatic rings. The van der Waals surface area contributed by atoms with Crippen LogP contribution in [0, 0.1) is 6.92 Å². The summed E-state index contributed by atoms with van der Waals surface area (Å²) in [5, 5.41) is 2.81. The molecule has 0 radical (unpaired) electrons. The number of amides is 1. The Morgan fingerprint density at radius 2 is 1.52 bits per heavy atom. The lowest BCUT2D eigenvalue weighted by Gasteiger charge is -2.15. The van der Waals surface area contributed by atoms with Crippen LogP contribution in [0.2, 0.25) is 0 Å². The van der Waals surface area contributed by atoms with E-state index in [0.717, 1.165) is 18.6 Å². The molecular weight excluding hydrogens is 416 g/mol. The highest BCUT2D eigenvalue weighted by Crippen LogP contribution is 2.22. The fraction of sp³-hybridized carbons (Fsp3) is 0.435. The van der Waals surface area contributed by atoms with Gasteiger partial charge in [0.05, 0.1) is 18.0 Å². The molecule has 0 aliphatic carbocycles. The molecule has 31 heavy (non-hydrogen) atoms. The molecule has 1 aliphatic rings. The van der Waals surface area contributed by atoms with Crippen LogP contribution in [-0.2, 0) is 14.8 Å². The maximum absolute atomic E-state index is 12.5. The molecule has 0 bridgehead atoms. The number of rotatable bonds is 11. The van der Waals surface area contributed by atoms with Gasteiger partial charge in [0.1, 0.15) is 18.1 Å². The number of benzene rings is 2. The Morgan fingerprint density at radius 3 is 2.16 bits per heavy atom. The lowest BCUT2D eigenvalue weighted by Crippen LogP contribution is -2.28. The van der Waals surface area contributed by atoms with Crippen molar-refractivity contribution in [3.05, 3.63) is 54.1 Å². The van der Waals surface area contributed by atoms with Crippen LogP contribution in [0.15, 0.2) is 53.4 Å². The quantitative estimate of drug-likeness (QED) is 0.536. The lowest BCUT2D eigenvalue weighted by molar-refractivity contribution is -0.121. The van der Waals surface area contributed by atoms with Gasteiger partial charge < -0.3 is 14.8 Å². The molecule has 1 aliphatic heterocycles. The molecule has 3 rings (SSSR count). The van der Waals surface area contributed by atoms with Gasteiger partial charge in [-0.15, -0.1) is 0 Å². The summed E-state index contributed by atoms with van der Waals surface area (Å²) in [4.78, 5) is 12.2. The Hall–Kier alpha value is -2.58. The normalized spacial score (nSPS) is 14.4. The molecule has 8 heteroatoms. The van der Waals surface area contributed by atoms with Gasteiger partial charge in [0, 0.05) is 19.5 Å². The summed E-state index contributed by atoms with van der Waals surface area (Å²) >= 11 is 0. The van der Waals surface area contributed by atoms with E-state index in [1.165, 1.54) is 9.87 Å². The van der Waals surface area contributed by atoms with Gasteiger partial charge in [-0.3, -0.25) is 4.79 Å². The molecule has 1 N–H and O–H groups in total. The summed E-state index contributed by atoms with van der Waals surface area (Å²) in [7, 11) is -3.41. The topological polar surface area (TPSA) is 84.9 Å². The molecule has 0 saturated carbocycles. The number of nitrogens with one attached hydrogen (secondary N) is 1. The first-order chi connectivity index (χ1) is 14.9. The third-order valence-electron chi connectivity index (χ3n) is 5.06. The zero-order valence-electron chi connectivity index (χ0n) is 17.9. The average Bonchev–Trinajstić information content (AvgIpc) is 3.32. The number of aryl methyl sites for hydroxylation is 1. The fourth-order valence-electron chi connectivity index (χ4n) is 3.29. The van der Waals surface area contributed by atoms with Crippen molar-refractivity contribution in [2.24, 2.45) is 0 Å². The van der Waals surface area contributed by atoms with Crippen molar-refractivity contribution in [3.63, 3.8) is 0 Å². The van der Waals surface area contributed by atoms with Gasteiger partial charge in [0.25, 0.3) is 0 Å². The predicted octanol–water partition coefficient (Wildman–Crippen LogP) is 3.13. The van der Waals surface area contributed by atoms with Crippen LogP contribution in [-0.4, -0.2) is 51.5 Å². The second-order valence-electron chi connectivity index (χ2n) is 7.55. The molecular formula is C23H30N2O5S. The van der Waals surface area contributed by atoms with E-state index >= 15 is 0 Å². The van der Waals surface area contributed by atoms with E-state index in [0.29, 0.717) is 51.4 Å². The molecule has 0 atom stereocenters. The van der Waals surface area contributed by atoms with E-state index in [4.69, 9.17) is 9.47 Å². The Balaban J connectivity index is 1.30. The van der Waals surface area contributed by atoms with Gasteiger partial charge in [0.2, 0.25) is 15.9 Å². The van der Waals surface area contributed by atoms with Gasteiger partial charge in [-0.05, 0) is 62.6 Å². The van der Waals surface area contributed by atoms with Gasteiger partial charge in [-0.2, -0.15) is 4.31 Å². The van der Waals surface area contributed by atoms with Crippen molar-refractivity contribution in [2.45, 2.75) is 37.5 Å². The van der Waals surface area contributed by atoms with Crippen molar-refractivity contribution < 1.29 is 22.7 Å². The summed E-state index contributed by atoms with van der Waals surface area (Å²) in [6.07, 6.45) is 2.83. The maximum atomic E-state index is 12.5. The Labute approximate surface area is 184 Å². The standard InChI is InChI=1S/C23H30N2O5S/c1-19-6-8-20(9-7-19)29-17-4-5-23(26)24-14-18-30-21-10-12-22(13-11-21)31(27,28)25-15-2-3-16-25/h6-13H,2-5,14-18H2,1H3,(H,24,26). The van der Waals surface area contributed by atoms with Gasteiger partial charge in [0.15, 0.2) is 0 Å². The third kappa shape index (κ3) is 6.97. The first-order valence-corrected chi connectivity index (χ1v) is 12.1. The van der Waals surface area contributed by atoms with Crippen molar-refractivity contribution >= 4 is 15.9 Å². The predicted molar refractivity (Wildman–Crippen MR) is 119 cm³/mol. The van der Waals surface area contributed by atoms with E-state index in [-0.39, 0.29) is 10.8 Å². The van der Waals surface area contributed by atoms with Crippen LogP contribution >= 0.6 is 0 Å². The largest absolute Gasteiger partial charge is 0.494 e. The molecule has 1 fully saturated rings. The minimum Gasteiger partial charge on any atom is -0.494 e. The highest BCUT2D eigenvalue weighted by Gasteiger charge is 2.26. The monoisotopic (exact) mass is 446 g/mol. The van der Waals surface area contributed by atoms with Crippen molar-refractivity contribution in [1.82, 2.24) is 9.62 Å². The van der Waals surface area contributed by atoms with Crippen LogP contribution in [0.4, 0.5) is 0 Å². The summed E-state index contributed by atoms with van der Waals surface area (Å²) in [5.41, 5.74) is 1.18. The Kier molecular flexibility index (Phi) is 8.31. The Morgan fingerprint density at radius 1 is 0.935 bits per heavy atom. The number of carbonyl (C=O) groups is 1. The molecule has 0 aromatic heterocycles. The second kappa shape index (κ2) is 11.2. The maximum Gasteiger partial charge on any atom is 0.243 e.